The summed E-state index contributed by atoms with van der Waals surface area (Å²) in [7, 11) is 6.30. The normalized spacial score (nSPS) is 11.5. The first-order chi connectivity index (χ1) is 12.6. The maximum Gasteiger partial charge on any atom is 0.435 e. The zero-order valence-electron chi connectivity index (χ0n) is 15.3. The summed E-state index contributed by atoms with van der Waals surface area (Å²) >= 11 is 0. The maximum atomic E-state index is 13.1. The molecule has 1 heterocycles. The minimum Gasteiger partial charge on any atom is -0.363 e. The summed E-state index contributed by atoms with van der Waals surface area (Å²) in [4.78, 5) is 22.9. The van der Waals surface area contributed by atoms with Crippen molar-refractivity contribution in [3.8, 4) is 11.3 Å². The zero-order valence-corrected chi connectivity index (χ0v) is 15.3. The van der Waals surface area contributed by atoms with Gasteiger partial charge in [0, 0.05) is 33.8 Å². The highest BCUT2D eigenvalue weighted by Crippen LogP contribution is 2.33. The van der Waals surface area contributed by atoms with Gasteiger partial charge in [0.2, 0.25) is 0 Å². The molecule has 0 bridgehead atoms. The van der Waals surface area contributed by atoms with Gasteiger partial charge in [-0.25, -0.2) is 9.78 Å². The number of pyridine rings is 1. The first-order valence-corrected chi connectivity index (χ1v) is 7.86. The number of benzene rings is 1. The van der Waals surface area contributed by atoms with E-state index in [2.05, 4.69) is 15.0 Å². The predicted molar refractivity (Wildman–Crippen MR) is 96.8 cm³/mol. The number of carbonyl (C=O) groups is 1. The van der Waals surface area contributed by atoms with Crippen LogP contribution >= 0.6 is 0 Å². The molecule has 0 fully saturated rings. The Hall–Kier alpha value is -3.10. The zero-order chi connectivity index (χ0) is 20.2. The molecule has 0 unspecified atom stereocenters. The Morgan fingerprint density at radius 3 is 2.26 bits per heavy atom. The van der Waals surface area contributed by atoms with Crippen molar-refractivity contribution in [1.82, 2.24) is 9.88 Å². The van der Waals surface area contributed by atoms with Crippen molar-refractivity contribution in [2.75, 3.05) is 33.1 Å². The molecule has 1 aromatic carbocycles. The summed E-state index contributed by atoms with van der Waals surface area (Å²) in [6.45, 7) is 0. The molecule has 0 saturated carbocycles. The van der Waals surface area contributed by atoms with Crippen LogP contribution in [0.15, 0.2) is 41.6 Å². The number of alkyl halides is 3. The fourth-order valence-electron chi connectivity index (χ4n) is 2.01. The van der Waals surface area contributed by atoms with Gasteiger partial charge in [0.15, 0.2) is 0 Å². The molecule has 2 rings (SSSR count). The van der Waals surface area contributed by atoms with E-state index in [4.69, 9.17) is 0 Å². The molecule has 1 amide bonds. The summed E-state index contributed by atoms with van der Waals surface area (Å²) < 4.78 is 39.4. The average molecular weight is 380 g/mol. The van der Waals surface area contributed by atoms with Crippen LogP contribution in [0.5, 0.6) is 0 Å². The van der Waals surface area contributed by atoms with Crippen molar-refractivity contribution in [2.45, 2.75) is 6.18 Å². The lowest BCUT2D eigenvalue weighted by atomic mass is 10.1. The number of carbonyl (C=O) groups excluding carboxylic acids is 1. The number of amides is 1. The van der Waals surface area contributed by atoms with Crippen molar-refractivity contribution in [2.24, 2.45) is 5.16 Å². The number of halogens is 3. The van der Waals surface area contributed by atoms with E-state index in [0.29, 0.717) is 11.1 Å². The summed E-state index contributed by atoms with van der Waals surface area (Å²) in [6, 6.07) is 8.53. The van der Waals surface area contributed by atoms with Gasteiger partial charge in [0.25, 0.3) is 0 Å². The summed E-state index contributed by atoms with van der Waals surface area (Å²) in [5.74, 6) is 0.209. The highest BCUT2D eigenvalue weighted by atomic mass is 19.4. The van der Waals surface area contributed by atoms with E-state index in [0.717, 1.165) is 12.1 Å². The first-order valence-electron chi connectivity index (χ1n) is 7.86. The molecule has 0 saturated heterocycles. The van der Waals surface area contributed by atoms with Crippen LogP contribution in [-0.2, 0) is 11.0 Å². The first kappa shape index (κ1) is 20.2. The molecule has 0 aliphatic rings. The number of anilines is 1. The molecule has 6 nitrogen and oxygen atoms in total. The SMILES string of the molecule is CN(C)C(=O)O/N=C/c1ccc(-c2cc(C(F)(F)F)cc(N(C)C)n2)cc1. The minimum absolute atomic E-state index is 0.205. The maximum absolute atomic E-state index is 13.1. The Bertz CT molecular complexity index is 831. The number of nitrogens with zero attached hydrogens (tertiary/aromatic N) is 4. The summed E-state index contributed by atoms with van der Waals surface area (Å²) in [5.41, 5.74) is 0.574. The minimum atomic E-state index is -4.47. The van der Waals surface area contributed by atoms with Gasteiger partial charge in [-0.1, -0.05) is 29.4 Å². The van der Waals surface area contributed by atoms with Crippen LogP contribution in [-0.4, -0.2) is 50.4 Å². The lowest BCUT2D eigenvalue weighted by Crippen LogP contribution is -2.20. The number of aromatic nitrogens is 1. The third-order valence-corrected chi connectivity index (χ3v) is 3.50. The van der Waals surface area contributed by atoms with E-state index < -0.39 is 17.8 Å². The predicted octanol–water partition coefficient (Wildman–Crippen LogP) is 3.87. The highest BCUT2D eigenvalue weighted by Gasteiger charge is 2.32. The Morgan fingerprint density at radius 2 is 1.74 bits per heavy atom. The molecular weight excluding hydrogens is 361 g/mol. The Kier molecular flexibility index (Phi) is 6.04. The second-order valence-electron chi connectivity index (χ2n) is 6.10. The quantitative estimate of drug-likeness (QED) is 0.459. The molecule has 9 heteroatoms. The van der Waals surface area contributed by atoms with Crippen molar-refractivity contribution in [3.05, 3.63) is 47.5 Å². The van der Waals surface area contributed by atoms with Crippen molar-refractivity contribution >= 4 is 18.1 Å². The second kappa shape index (κ2) is 8.07. The van der Waals surface area contributed by atoms with E-state index in [9.17, 15) is 18.0 Å². The van der Waals surface area contributed by atoms with E-state index in [1.54, 1.807) is 38.4 Å². The van der Waals surface area contributed by atoms with E-state index >= 15 is 0 Å². The van der Waals surface area contributed by atoms with Gasteiger partial charge >= 0.3 is 12.3 Å². The van der Waals surface area contributed by atoms with E-state index in [1.807, 2.05) is 0 Å². The highest BCUT2D eigenvalue weighted by molar-refractivity contribution is 5.81. The molecular formula is C18H19F3N4O2. The van der Waals surface area contributed by atoms with Crippen LogP contribution in [0.25, 0.3) is 11.3 Å². The van der Waals surface area contributed by atoms with Gasteiger partial charge in [-0.3, -0.25) is 4.84 Å². The third-order valence-electron chi connectivity index (χ3n) is 3.50. The standard InChI is InChI=1S/C18H19F3N4O2/c1-24(2)16-10-14(18(19,20)21)9-15(23-16)13-7-5-12(6-8-13)11-22-27-17(26)25(3)4/h5-11H,1-4H3/b22-11+. The van der Waals surface area contributed by atoms with Crippen LogP contribution in [0.3, 0.4) is 0 Å². The monoisotopic (exact) mass is 380 g/mol. The second-order valence-corrected chi connectivity index (χ2v) is 6.10. The van der Waals surface area contributed by atoms with Gasteiger partial charge in [-0.15, -0.1) is 0 Å². The molecule has 0 aliphatic heterocycles. The van der Waals surface area contributed by atoms with Crippen LogP contribution in [0, 0.1) is 0 Å². The van der Waals surface area contributed by atoms with Gasteiger partial charge in [0.1, 0.15) is 5.82 Å². The Morgan fingerprint density at radius 1 is 1.11 bits per heavy atom. The van der Waals surface area contributed by atoms with E-state index in [-0.39, 0.29) is 11.5 Å². The van der Waals surface area contributed by atoms with Crippen molar-refractivity contribution in [1.29, 1.82) is 0 Å². The number of oxime groups is 1. The largest absolute Gasteiger partial charge is 0.435 e. The molecule has 144 valence electrons. The fraction of sp³-hybridized carbons (Fsp3) is 0.278. The lowest BCUT2D eigenvalue weighted by Gasteiger charge is -2.16. The molecule has 1 aromatic heterocycles. The van der Waals surface area contributed by atoms with E-state index in [1.165, 1.54) is 30.1 Å². The lowest BCUT2D eigenvalue weighted by molar-refractivity contribution is -0.137. The Labute approximate surface area is 154 Å². The van der Waals surface area contributed by atoms with Crippen molar-refractivity contribution < 1.29 is 22.8 Å². The van der Waals surface area contributed by atoms with Crippen LogP contribution in [0.4, 0.5) is 23.8 Å². The smallest absolute Gasteiger partial charge is 0.363 e. The van der Waals surface area contributed by atoms with Crippen LogP contribution in [0.1, 0.15) is 11.1 Å². The molecule has 0 atom stereocenters. The van der Waals surface area contributed by atoms with Crippen molar-refractivity contribution in [3.63, 3.8) is 0 Å². The summed E-state index contributed by atoms with van der Waals surface area (Å²) in [5, 5.41) is 3.56. The molecule has 0 spiro atoms. The number of hydrogen-bond acceptors (Lipinski definition) is 5. The Balaban J connectivity index is 2.27. The molecule has 27 heavy (non-hydrogen) atoms. The molecule has 0 aliphatic carbocycles. The van der Waals surface area contributed by atoms with Gasteiger partial charge in [-0.05, 0) is 17.7 Å². The fourth-order valence-corrected chi connectivity index (χ4v) is 2.01. The third kappa shape index (κ3) is 5.44. The summed E-state index contributed by atoms with van der Waals surface area (Å²) in [6.07, 6.45) is -3.76. The molecule has 0 radical (unpaired) electrons. The average Bonchev–Trinajstić information content (AvgIpc) is 2.61. The molecule has 0 N–H and O–H groups in total. The topological polar surface area (TPSA) is 58.0 Å². The van der Waals surface area contributed by atoms with Gasteiger partial charge in [-0.2, -0.15) is 13.2 Å². The van der Waals surface area contributed by atoms with Gasteiger partial charge in [0.05, 0.1) is 17.5 Å². The number of hydrogen-bond donors (Lipinski definition) is 0. The number of rotatable bonds is 4. The van der Waals surface area contributed by atoms with Crippen LogP contribution < -0.4 is 4.90 Å². The van der Waals surface area contributed by atoms with Crippen LogP contribution in [0.2, 0.25) is 0 Å². The van der Waals surface area contributed by atoms with Gasteiger partial charge < -0.3 is 9.80 Å². The molecule has 2 aromatic rings.